The Balaban J connectivity index is 3.47. The zero-order valence-corrected chi connectivity index (χ0v) is 9.98. The molecule has 0 aliphatic carbocycles. The van der Waals surface area contributed by atoms with Crippen molar-refractivity contribution in [1.29, 1.82) is 0 Å². The van der Waals surface area contributed by atoms with Gasteiger partial charge in [-0.05, 0) is 19.4 Å². The molecule has 0 unspecified atom stereocenters. The molecule has 0 radical (unpaired) electrons. The normalized spacial score (nSPS) is 11.9. The fourth-order valence-corrected chi connectivity index (χ4v) is 1.85. The average molecular weight is 239 g/mol. The van der Waals surface area contributed by atoms with Crippen molar-refractivity contribution in [2.24, 2.45) is 5.73 Å². The van der Waals surface area contributed by atoms with Gasteiger partial charge in [0.25, 0.3) is 10.2 Å². The third-order valence-corrected chi connectivity index (χ3v) is 2.94. The smallest absolute Gasteiger partial charge is 0.276 e. The number of ether oxygens (including phenoxy) is 1. The first-order chi connectivity index (χ1) is 7.12. The maximum absolute atomic E-state index is 11.2. The monoisotopic (exact) mass is 239 g/mol. The Morgan fingerprint density at radius 3 is 2.40 bits per heavy atom. The minimum atomic E-state index is -3.35. The van der Waals surface area contributed by atoms with E-state index < -0.39 is 10.2 Å². The number of nitrogens with two attached hydrogens (primary N) is 1. The van der Waals surface area contributed by atoms with Crippen LogP contribution < -0.4 is 15.2 Å². The van der Waals surface area contributed by atoms with Crippen LogP contribution in [0.2, 0.25) is 0 Å². The summed E-state index contributed by atoms with van der Waals surface area (Å²) >= 11 is 0. The highest BCUT2D eigenvalue weighted by atomic mass is 32.2. The van der Waals surface area contributed by atoms with Crippen molar-refractivity contribution in [3.8, 4) is 0 Å². The molecule has 0 atom stereocenters. The van der Waals surface area contributed by atoms with E-state index in [4.69, 9.17) is 10.5 Å². The van der Waals surface area contributed by atoms with Crippen LogP contribution >= 0.6 is 0 Å². The van der Waals surface area contributed by atoms with Gasteiger partial charge in [-0.3, -0.25) is 0 Å². The predicted molar refractivity (Wildman–Crippen MR) is 59.7 cm³/mol. The molecule has 15 heavy (non-hydrogen) atoms. The second kappa shape index (κ2) is 9.05. The summed E-state index contributed by atoms with van der Waals surface area (Å²) < 4.78 is 32.0. The minimum absolute atomic E-state index is 0.286. The van der Waals surface area contributed by atoms with Gasteiger partial charge in [-0.1, -0.05) is 6.42 Å². The lowest BCUT2D eigenvalue weighted by Crippen LogP contribution is -2.38. The van der Waals surface area contributed by atoms with Crippen LogP contribution in [-0.2, 0) is 14.9 Å². The first kappa shape index (κ1) is 14.8. The van der Waals surface area contributed by atoms with Gasteiger partial charge in [0.15, 0.2) is 0 Å². The SMILES string of the molecule is COCCNS(=O)(=O)NCCCCCN. The summed E-state index contributed by atoms with van der Waals surface area (Å²) in [5.41, 5.74) is 5.31. The Morgan fingerprint density at radius 2 is 1.80 bits per heavy atom. The molecule has 0 aliphatic heterocycles. The van der Waals surface area contributed by atoms with Crippen LogP contribution in [0.1, 0.15) is 19.3 Å². The molecule has 92 valence electrons. The molecule has 0 fully saturated rings. The van der Waals surface area contributed by atoms with E-state index in [1.54, 1.807) is 0 Å². The van der Waals surface area contributed by atoms with Gasteiger partial charge in [-0.2, -0.15) is 13.1 Å². The number of nitrogens with one attached hydrogen (secondary N) is 2. The van der Waals surface area contributed by atoms with Crippen molar-refractivity contribution in [3.05, 3.63) is 0 Å². The van der Waals surface area contributed by atoms with Gasteiger partial charge in [-0.25, -0.2) is 4.72 Å². The molecule has 0 aromatic heterocycles. The number of hydrogen-bond acceptors (Lipinski definition) is 4. The number of rotatable bonds is 10. The van der Waals surface area contributed by atoms with Gasteiger partial charge in [0, 0.05) is 20.2 Å². The van der Waals surface area contributed by atoms with Crippen LogP contribution in [0.15, 0.2) is 0 Å². The Morgan fingerprint density at radius 1 is 1.13 bits per heavy atom. The average Bonchev–Trinajstić information content (AvgIpc) is 2.17. The highest BCUT2D eigenvalue weighted by molar-refractivity contribution is 7.87. The molecule has 0 saturated heterocycles. The van der Waals surface area contributed by atoms with Crippen LogP contribution in [-0.4, -0.2) is 41.8 Å². The summed E-state index contributed by atoms with van der Waals surface area (Å²) in [5.74, 6) is 0. The molecule has 0 aromatic carbocycles. The quantitative estimate of drug-likeness (QED) is 0.434. The summed E-state index contributed by atoms with van der Waals surface area (Å²) in [6, 6.07) is 0. The lowest BCUT2D eigenvalue weighted by atomic mass is 10.2. The van der Waals surface area contributed by atoms with E-state index in [-0.39, 0.29) is 6.54 Å². The number of hydrogen-bond donors (Lipinski definition) is 3. The predicted octanol–water partition coefficient (Wildman–Crippen LogP) is -0.814. The van der Waals surface area contributed by atoms with Crippen molar-refractivity contribution < 1.29 is 13.2 Å². The molecule has 0 rings (SSSR count). The van der Waals surface area contributed by atoms with Crippen LogP contribution in [0.25, 0.3) is 0 Å². The molecular formula is C8H21N3O3S. The largest absolute Gasteiger partial charge is 0.383 e. The molecule has 0 spiro atoms. The standard InChI is InChI=1S/C8H21N3O3S/c1-14-8-7-11-15(12,13)10-6-4-2-3-5-9/h10-11H,2-9H2,1H3. The lowest BCUT2D eigenvalue weighted by molar-refractivity contribution is 0.204. The fraction of sp³-hybridized carbons (Fsp3) is 1.00. The van der Waals surface area contributed by atoms with Crippen LogP contribution in [0.4, 0.5) is 0 Å². The molecule has 0 aromatic rings. The Bertz CT molecular complexity index is 231. The van der Waals surface area contributed by atoms with E-state index in [1.165, 1.54) is 7.11 Å². The zero-order valence-electron chi connectivity index (χ0n) is 9.16. The molecular weight excluding hydrogens is 218 g/mol. The molecule has 0 amide bonds. The first-order valence-electron chi connectivity index (χ1n) is 5.05. The second-order valence-electron chi connectivity index (χ2n) is 3.13. The second-order valence-corrected chi connectivity index (χ2v) is 4.72. The topological polar surface area (TPSA) is 93.4 Å². The van der Waals surface area contributed by atoms with Crippen molar-refractivity contribution in [2.75, 3.05) is 33.4 Å². The van der Waals surface area contributed by atoms with E-state index in [1.807, 2.05) is 0 Å². The Hall–Kier alpha value is -0.210. The van der Waals surface area contributed by atoms with Gasteiger partial charge in [0.1, 0.15) is 0 Å². The number of unbranched alkanes of at least 4 members (excludes halogenated alkanes) is 2. The molecule has 4 N–H and O–H groups in total. The Kier molecular flexibility index (Phi) is 8.92. The van der Waals surface area contributed by atoms with E-state index in [0.717, 1.165) is 19.3 Å². The van der Waals surface area contributed by atoms with Gasteiger partial charge in [0.2, 0.25) is 0 Å². The maximum atomic E-state index is 11.2. The highest BCUT2D eigenvalue weighted by Gasteiger charge is 2.06. The Labute approximate surface area is 91.7 Å². The lowest BCUT2D eigenvalue weighted by Gasteiger charge is -2.07. The van der Waals surface area contributed by atoms with Crippen molar-refractivity contribution in [2.45, 2.75) is 19.3 Å². The van der Waals surface area contributed by atoms with E-state index >= 15 is 0 Å². The highest BCUT2D eigenvalue weighted by Crippen LogP contribution is 1.91. The molecule has 0 heterocycles. The molecule has 0 bridgehead atoms. The fourth-order valence-electron chi connectivity index (χ4n) is 0.982. The maximum Gasteiger partial charge on any atom is 0.276 e. The summed E-state index contributed by atoms with van der Waals surface area (Å²) in [6.45, 7) is 1.75. The van der Waals surface area contributed by atoms with E-state index in [9.17, 15) is 8.42 Å². The number of methoxy groups -OCH3 is 1. The van der Waals surface area contributed by atoms with Crippen LogP contribution in [0.5, 0.6) is 0 Å². The zero-order chi connectivity index (χ0) is 11.6. The van der Waals surface area contributed by atoms with Gasteiger partial charge < -0.3 is 10.5 Å². The molecule has 7 heteroatoms. The van der Waals surface area contributed by atoms with Gasteiger partial charge >= 0.3 is 0 Å². The summed E-state index contributed by atoms with van der Waals surface area (Å²) in [7, 11) is -1.83. The van der Waals surface area contributed by atoms with Crippen molar-refractivity contribution in [1.82, 2.24) is 9.44 Å². The molecule has 6 nitrogen and oxygen atoms in total. The summed E-state index contributed by atoms with van der Waals surface area (Å²) in [4.78, 5) is 0. The van der Waals surface area contributed by atoms with Crippen LogP contribution in [0, 0.1) is 0 Å². The molecule has 0 saturated carbocycles. The third-order valence-electron chi connectivity index (χ3n) is 1.77. The summed E-state index contributed by atoms with van der Waals surface area (Å²) in [6.07, 6.45) is 2.68. The first-order valence-corrected chi connectivity index (χ1v) is 6.54. The third kappa shape index (κ3) is 10.1. The van der Waals surface area contributed by atoms with Crippen molar-refractivity contribution >= 4 is 10.2 Å². The van der Waals surface area contributed by atoms with E-state index in [0.29, 0.717) is 19.7 Å². The molecule has 0 aliphatic rings. The van der Waals surface area contributed by atoms with Crippen LogP contribution in [0.3, 0.4) is 0 Å². The minimum Gasteiger partial charge on any atom is -0.383 e. The van der Waals surface area contributed by atoms with Gasteiger partial charge in [0.05, 0.1) is 6.61 Å². The summed E-state index contributed by atoms with van der Waals surface area (Å²) in [5, 5.41) is 0. The van der Waals surface area contributed by atoms with Gasteiger partial charge in [-0.15, -0.1) is 0 Å². The van der Waals surface area contributed by atoms with Crippen molar-refractivity contribution in [3.63, 3.8) is 0 Å². The van der Waals surface area contributed by atoms with E-state index in [2.05, 4.69) is 9.44 Å².